The summed E-state index contributed by atoms with van der Waals surface area (Å²) in [4.78, 5) is 11.8. The van der Waals surface area contributed by atoms with Gasteiger partial charge < -0.3 is 39.4 Å². The van der Waals surface area contributed by atoms with Gasteiger partial charge in [-0.25, -0.2) is 4.79 Å². The number of hydrogen-bond acceptors (Lipinski definition) is 9. The van der Waals surface area contributed by atoms with Crippen LogP contribution in [0.1, 0.15) is 72.1 Å². The van der Waals surface area contributed by atoms with Crippen molar-refractivity contribution in [3.63, 3.8) is 0 Å². The number of esters is 1. The van der Waals surface area contributed by atoms with Crippen LogP contribution in [0.3, 0.4) is 0 Å². The van der Waals surface area contributed by atoms with Crippen molar-refractivity contribution < 1.29 is 44.2 Å². The summed E-state index contributed by atoms with van der Waals surface area (Å²) in [5.41, 5.74) is -0.601. The average molecular weight is 551 g/mol. The van der Waals surface area contributed by atoms with E-state index in [0.717, 1.165) is 50.5 Å². The molecule has 9 nitrogen and oxygen atoms in total. The van der Waals surface area contributed by atoms with E-state index in [1.54, 1.807) is 6.92 Å². The first-order chi connectivity index (χ1) is 18.4. The third-order valence-electron chi connectivity index (χ3n) is 12.3. The van der Waals surface area contributed by atoms with Crippen molar-refractivity contribution in [3.8, 4) is 0 Å². The molecule has 4 aliphatic carbocycles. The molecule has 1 saturated heterocycles. The number of methoxy groups -OCH3 is 1. The van der Waals surface area contributed by atoms with E-state index in [1.807, 2.05) is 0 Å². The monoisotopic (exact) mass is 550 g/mol. The van der Waals surface area contributed by atoms with Crippen LogP contribution in [0, 0.1) is 34.5 Å². The standard InChI is InChI=1S/C30H46O9/c1-15-24(33)26(36-4)25(34)27(38-15)39-18-7-9-28(2)17(12-18)5-6-20-19(28)8-10-29(3)23(16-11-22(32)37-14-16)21(31)13-30(20,29)35/h11,15,17-21,23-27,31,33-35H,5-10,12-14H2,1-4H3/t15-,17-,18+,19+,20-,21?,23+,24+,25-,26+,27+,28+,29-,30+/m1/s1. The lowest BCUT2D eigenvalue weighted by Crippen LogP contribution is -2.62. The van der Waals surface area contributed by atoms with Crippen molar-refractivity contribution in [2.75, 3.05) is 13.7 Å². The number of cyclic esters (lactones) is 1. The molecule has 0 aromatic rings. The van der Waals surface area contributed by atoms with Gasteiger partial charge in [0.05, 0.1) is 23.9 Å². The van der Waals surface area contributed by atoms with Crippen molar-refractivity contribution in [1.29, 1.82) is 0 Å². The lowest BCUT2D eigenvalue weighted by Gasteiger charge is -2.63. The number of ether oxygens (including phenoxy) is 4. The number of carbonyl (C=O) groups is 1. The molecule has 6 aliphatic rings. The molecule has 14 atom stereocenters. The number of aliphatic hydroxyl groups excluding tert-OH is 3. The zero-order valence-electron chi connectivity index (χ0n) is 23.6. The minimum Gasteiger partial charge on any atom is -0.458 e. The van der Waals surface area contributed by atoms with Crippen molar-refractivity contribution in [2.24, 2.45) is 34.5 Å². The van der Waals surface area contributed by atoms with E-state index in [0.29, 0.717) is 18.3 Å². The zero-order valence-corrected chi connectivity index (χ0v) is 23.6. The van der Waals surface area contributed by atoms with Crippen LogP contribution in [-0.2, 0) is 23.7 Å². The van der Waals surface area contributed by atoms with Crippen LogP contribution < -0.4 is 0 Å². The van der Waals surface area contributed by atoms with Gasteiger partial charge >= 0.3 is 5.97 Å². The van der Waals surface area contributed by atoms with Crippen LogP contribution in [0.15, 0.2) is 11.6 Å². The topological polar surface area (TPSA) is 135 Å². The molecule has 0 bridgehead atoms. The summed E-state index contributed by atoms with van der Waals surface area (Å²) in [5.74, 6) is 0.260. The highest BCUT2D eigenvalue weighted by atomic mass is 16.7. The predicted molar refractivity (Wildman–Crippen MR) is 139 cm³/mol. The Hall–Kier alpha value is -1.07. The van der Waals surface area contributed by atoms with Crippen molar-refractivity contribution in [2.45, 2.75) is 121 Å². The third kappa shape index (κ3) is 4.09. The second-order valence-electron chi connectivity index (χ2n) is 13.9. The molecule has 39 heavy (non-hydrogen) atoms. The van der Waals surface area contributed by atoms with E-state index >= 15 is 0 Å². The van der Waals surface area contributed by atoms with E-state index in [2.05, 4.69) is 13.8 Å². The first-order valence-corrected chi connectivity index (χ1v) is 14.9. The van der Waals surface area contributed by atoms with E-state index < -0.39 is 47.8 Å². The van der Waals surface area contributed by atoms with Crippen LogP contribution in [0.2, 0.25) is 0 Å². The third-order valence-corrected chi connectivity index (χ3v) is 12.3. The minimum absolute atomic E-state index is 0.0547. The Labute approximate surface area is 230 Å². The maximum atomic E-state index is 12.4. The fraction of sp³-hybridized carbons (Fsp3) is 0.900. The van der Waals surface area contributed by atoms with Gasteiger partial charge in [-0.3, -0.25) is 0 Å². The zero-order chi connectivity index (χ0) is 27.9. The molecular formula is C30H46O9. The molecule has 0 aromatic heterocycles. The highest BCUT2D eigenvalue weighted by Gasteiger charge is 2.70. The van der Waals surface area contributed by atoms with Crippen LogP contribution in [0.5, 0.6) is 0 Å². The van der Waals surface area contributed by atoms with Gasteiger partial charge in [0.25, 0.3) is 0 Å². The van der Waals surface area contributed by atoms with Crippen molar-refractivity contribution in [1.82, 2.24) is 0 Å². The Morgan fingerprint density at radius 1 is 1.03 bits per heavy atom. The molecule has 5 fully saturated rings. The average Bonchev–Trinajstić information content (AvgIpc) is 3.39. The van der Waals surface area contributed by atoms with Gasteiger partial charge in [-0.15, -0.1) is 0 Å². The van der Waals surface area contributed by atoms with Gasteiger partial charge in [0.15, 0.2) is 6.29 Å². The maximum Gasteiger partial charge on any atom is 0.331 e. The summed E-state index contributed by atoms with van der Waals surface area (Å²) in [7, 11) is 1.48. The Kier molecular flexibility index (Phi) is 7.02. The maximum absolute atomic E-state index is 12.4. The Morgan fingerprint density at radius 3 is 2.49 bits per heavy atom. The van der Waals surface area contributed by atoms with Gasteiger partial charge in [-0.2, -0.15) is 0 Å². The molecule has 0 amide bonds. The van der Waals surface area contributed by atoms with Crippen molar-refractivity contribution in [3.05, 3.63) is 11.6 Å². The lowest BCUT2D eigenvalue weighted by molar-refractivity contribution is -0.313. The van der Waals surface area contributed by atoms with Crippen molar-refractivity contribution >= 4 is 5.97 Å². The Bertz CT molecular complexity index is 1000. The molecule has 0 radical (unpaired) electrons. The number of fused-ring (bicyclic) bond motifs is 5. The summed E-state index contributed by atoms with van der Waals surface area (Å²) >= 11 is 0. The van der Waals surface area contributed by atoms with E-state index in [4.69, 9.17) is 18.9 Å². The highest BCUT2D eigenvalue weighted by molar-refractivity contribution is 5.85. The molecular weight excluding hydrogens is 504 g/mol. The quantitative estimate of drug-likeness (QED) is 0.307. The fourth-order valence-electron chi connectivity index (χ4n) is 10.2. The first-order valence-electron chi connectivity index (χ1n) is 14.9. The molecule has 4 N–H and O–H groups in total. The molecule has 2 heterocycles. The SMILES string of the molecule is CO[C@H]1[C@@H](O)[C@@H](C)O[C@@H](O[C@H]2CC[C@@]3(C)[C@H](CC[C@@H]4[C@@H]3CC[C@]3(C)[C@@H](C5=CC(=O)OC5)C(O)C[C@]43O)C2)[C@@H]1O. The van der Waals surface area contributed by atoms with Crippen LogP contribution in [-0.4, -0.2) is 88.6 Å². The van der Waals surface area contributed by atoms with E-state index in [-0.39, 0.29) is 35.9 Å². The molecule has 0 spiro atoms. The second kappa shape index (κ2) is 9.75. The Morgan fingerprint density at radius 2 is 1.79 bits per heavy atom. The first kappa shape index (κ1) is 28.1. The molecule has 1 unspecified atom stereocenters. The summed E-state index contributed by atoms with van der Waals surface area (Å²) < 4.78 is 22.7. The van der Waals surface area contributed by atoms with Gasteiger partial charge in [0, 0.05) is 30.9 Å². The second-order valence-corrected chi connectivity index (χ2v) is 13.9. The number of aliphatic hydroxyl groups is 4. The van der Waals surface area contributed by atoms with Crippen LogP contribution in [0.25, 0.3) is 0 Å². The molecule has 2 aliphatic heterocycles. The minimum atomic E-state index is -1.06. The summed E-state index contributed by atoms with van der Waals surface area (Å²) in [6, 6.07) is 0. The number of hydrogen-bond donors (Lipinski definition) is 4. The summed E-state index contributed by atoms with van der Waals surface area (Å²) in [5, 5.41) is 44.7. The smallest absolute Gasteiger partial charge is 0.331 e. The van der Waals surface area contributed by atoms with Gasteiger partial charge in [-0.05, 0) is 80.6 Å². The molecule has 6 rings (SSSR count). The fourth-order valence-corrected chi connectivity index (χ4v) is 10.2. The molecule has 0 aromatic carbocycles. The predicted octanol–water partition coefficient (Wildman–Crippen LogP) is 2.08. The summed E-state index contributed by atoms with van der Waals surface area (Å²) in [6.45, 7) is 6.48. The van der Waals surface area contributed by atoms with Gasteiger partial charge in [0.2, 0.25) is 0 Å². The molecule has 4 saturated carbocycles. The van der Waals surface area contributed by atoms with E-state index in [1.165, 1.54) is 13.2 Å². The number of rotatable bonds is 4. The largest absolute Gasteiger partial charge is 0.458 e. The van der Waals surface area contributed by atoms with Gasteiger partial charge in [-0.1, -0.05) is 13.8 Å². The van der Waals surface area contributed by atoms with Gasteiger partial charge in [0.1, 0.15) is 24.9 Å². The summed E-state index contributed by atoms with van der Waals surface area (Å²) in [6.07, 6.45) is 3.40. The van der Waals surface area contributed by atoms with E-state index in [9.17, 15) is 25.2 Å². The number of carbonyl (C=O) groups excluding carboxylic acids is 1. The van der Waals surface area contributed by atoms with Crippen LogP contribution in [0.4, 0.5) is 0 Å². The molecule has 9 heteroatoms. The normalized spacial score (nSPS) is 55.3. The Balaban J connectivity index is 1.17. The van der Waals surface area contributed by atoms with Crippen LogP contribution >= 0.6 is 0 Å². The lowest BCUT2D eigenvalue weighted by atomic mass is 9.43. The highest BCUT2D eigenvalue weighted by Crippen LogP contribution is 2.70. The molecule has 220 valence electrons.